The summed E-state index contributed by atoms with van der Waals surface area (Å²) in [5.74, 6) is 1.32. The summed E-state index contributed by atoms with van der Waals surface area (Å²) in [6, 6.07) is 30.6. The molecule has 0 aliphatic carbocycles. The van der Waals surface area contributed by atoms with Crippen LogP contribution in [0, 0.1) is 0 Å². The molecule has 1 saturated heterocycles. The predicted octanol–water partition coefficient (Wildman–Crippen LogP) is 8.49. The summed E-state index contributed by atoms with van der Waals surface area (Å²) < 4.78 is 12.3. The maximum absolute atomic E-state index is 13.7. The van der Waals surface area contributed by atoms with E-state index in [2.05, 4.69) is 15.9 Å². The number of ether oxygens (including phenoxy) is 2. The van der Waals surface area contributed by atoms with E-state index in [9.17, 15) is 4.79 Å². The maximum atomic E-state index is 13.7. The molecule has 1 aliphatic rings. The average Bonchev–Trinajstić information content (AvgIpc) is 3.23. The Morgan fingerprint density at radius 2 is 1.67 bits per heavy atom. The summed E-state index contributed by atoms with van der Waals surface area (Å²) in [6.07, 6.45) is 1.86. The Kier molecular flexibility index (Phi) is 8.71. The van der Waals surface area contributed by atoms with E-state index in [-0.39, 0.29) is 5.91 Å². The first-order valence-electron chi connectivity index (χ1n) is 12.1. The van der Waals surface area contributed by atoms with Crippen LogP contribution in [0.5, 0.6) is 11.5 Å². The first-order valence-corrected chi connectivity index (χ1v) is 14.1. The van der Waals surface area contributed by atoms with Crippen molar-refractivity contribution in [1.29, 1.82) is 0 Å². The Morgan fingerprint density at radius 3 is 2.38 bits per heavy atom. The number of nitrogens with zero attached hydrogens (tertiary/aromatic N) is 2. The van der Waals surface area contributed by atoms with Crippen LogP contribution in [0.15, 0.2) is 111 Å². The molecule has 0 bridgehead atoms. The number of carbonyl (C=O) groups excluding carboxylic acids is 1. The van der Waals surface area contributed by atoms with Crippen molar-refractivity contribution < 1.29 is 14.3 Å². The molecule has 0 atom stereocenters. The fraction of sp³-hybridized carbons (Fsp3) is 0.0968. The number of amidine groups is 1. The number of para-hydroxylation sites is 1. The Balaban J connectivity index is 1.45. The van der Waals surface area contributed by atoms with E-state index < -0.39 is 0 Å². The number of hydrogen-bond donors (Lipinski definition) is 0. The molecule has 1 heterocycles. The highest BCUT2D eigenvalue weighted by Gasteiger charge is 2.33. The van der Waals surface area contributed by atoms with Crippen LogP contribution in [-0.2, 0) is 17.9 Å². The van der Waals surface area contributed by atoms with Gasteiger partial charge in [0.1, 0.15) is 18.1 Å². The first kappa shape index (κ1) is 27.1. The van der Waals surface area contributed by atoms with Gasteiger partial charge in [-0.05, 0) is 83.6 Å². The number of carbonyl (C=O) groups is 1. The molecule has 0 unspecified atom stereocenters. The van der Waals surface area contributed by atoms with Crippen LogP contribution in [0.4, 0.5) is 5.69 Å². The lowest BCUT2D eigenvalue weighted by Crippen LogP contribution is -2.28. The van der Waals surface area contributed by atoms with Crippen LogP contribution in [0.25, 0.3) is 6.08 Å². The highest BCUT2D eigenvalue weighted by molar-refractivity contribution is 9.10. The quantitative estimate of drug-likeness (QED) is 0.186. The molecule has 1 fully saturated rings. The largest absolute Gasteiger partial charge is 0.497 e. The van der Waals surface area contributed by atoms with Crippen molar-refractivity contribution in [3.63, 3.8) is 0 Å². The second kappa shape index (κ2) is 12.6. The van der Waals surface area contributed by atoms with Gasteiger partial charge in [0.05, 0.1) is 24.2 Å². The van der Waals surface area contributed by atoms with E-state index in [1.54, 1.807) is 12.0 Å². The Hall–Kier alpha value is -3.52. The van der Waals surface area contributed by atoms with Crippen molar-refractivity contribution in [3.05, 3.63) is 128 Å². The van der Waals surface area contributed by atoms with Gasteiger partial charge >= 0.3 is 0 Å². The van der Waals surface area contributed by atoms with Crippen LogP contribution in [0.3, 0.4) is 0 Å². The van der Waals surface area contributed by atoms with Gasteiger partial charge < -0.3 is 9.47 Å². The zero-order chi connectivity index (χ0) is 27.2. The molecule has 1 amide bonds. The van der Waals surface area contributed by atoms with Gasteiger partial charge in [-0.1, -0.05) is 70.0 Å². The van der Waals surface area contributed by atoms with Gasteiger partial charge in [0.25, 0.3) is 5.91 Å². The molecule has 0 spiro atoms. The van der Waals surface area contributed by atoms with Crippen LogP contribution >= 0.6 is 39.3 Å². The lowest BCUT2D eigenvalue weighted by Gasteiger charge is -2.16. The van der Waals surface area contributed by atoms with Crippen molar-refractivity contribution in [2.45, 2.75) is 13.2 Å². The van der Waals surface area contributed by atoms with Gasteiger partial charge in [0, 0.05) is 15.1 Å². The Morgan fingerprint density at radius 1 is 0.949 bits per heavy atom. The SMILES string of the molecule is COc1ccc(CN2C(=O)/C(=C/c3cc(Br)ccc3OCc3ccc(Cl)cc3)SC2=Nc2ccccc2)cc1. The van der Waals surface area contributed by atoms with Gasteiger partial charge in [-0.3, -0.25) is 9.69 Å². The molecule has 39 heavy (non-hydrogen) atoms. The second-order valence-electron chi connectivity index (χ2n) is 8.68. The minimum atomic E-state index is -0.117. The van der Waals surface area contributed by atoms with Crippen molar-refractivity contribution in [2.24, 2.45) is 4.99 Å². The highest BCUT2D eigenvalue weighted by Crippen LogP contribution is 2.37. The van der Waals surface area contributed by atoms with Gasteiger partial charge in [0.2, 0.25) is 0 Å². The minimum absolute atomic E-state index is 0.117. The predicted molar refractivity (Wildman–Crippen MR) is 163 cm³/mol. The molecule has 1 aliphatic heterocycles. The topological polar surface area (TPSA) is 51.1 Å². The molecular formula is C31H24BrClN2O3S. The monoisotopic (exact) mass is 618 g/mol. The molecule has 0 N–H and O–H groups in total. The number of hydrogen-bond acceptors (Lipinski definition) is 5. The molecule has 0 saturated carbocycles. The first-order chi connectivity index (χ1) is 19.0. The maximum Gasteiger partial charge on any atom is 0.267 e. The van der Waals surface area contributed by atoms with Crippen LogP contribution in [0.2, 0.25) is 5.02 Å². The number of aliphatic imine (C=N–C) groups is 1. The third-order valence-corrected chi connectivity index (χ3v) is 7.69. The average molecular weight is 620 g/mol. The van der Waals surface area contributed by atoms with Crippen LogP contribution in [-0.4, -0.2) is 23.1 Å². The number of benzene rings is 4. The zero-order valence-electron chi connectivity index (χ0n) is 21.0. The second-order valence-corrected chi connectivity index (χ2v) is 11.0. The number of thioether (sulfide) groups is 1. The summed E-state index contributed by atoms with van der Waals surface area (Å²) in [4.78, 5) is 20.8. The van der Waals surface area contributed by atoms with E-state index >= 15 is 0 Å². The third-order valence-electron chi connectivity index (χ3n) is 5.93. The fourth-order valence-electron chi connectivity index (χ4n) is 3.90. The van der Waals surface area contributed by atoms with Crippen molar-refractivity contribution >= 4 is 62.1 Å². The van der Waals surface area contributed by atoms with Crippen molar-refractivity contribution in [2.75, 3.05) is 7.11 Å². The summed E-state index contributed by atoms with van der Waals surface area (Å²) >= 11 is 10.9. The summed E-state index contributed by atoms with van der Waals surface area (Å²) in [5.41, 5.74) is 3.54. The lowest BCUT2D eigenvalue weighted by molar-refractivity contribution is -0.122. The Bertz CT molecular complexity index is 1520. The number of methoxy groups -OCH3 is 1. The van der Waals surface area contributed by atoms with Gasteiger partial charge in [0.15, 0.2) is 5.17 Å². The van der Waals surface area contributed by atoms with Crippen LogP contribution in [0.1, 0.15) is 16.7 Å². The molecule has 0 radical (unpaired) electrons. The highest BCUT2D eigenvalue weighted by atomic mass is 79.9. The van der Waals surface area contributed by atoms with Gasteiger partial charge in [-0.2, -0.15) is 0 Å². The molecular weight excluding hydrogens is 596 g/mol. The fourth-order valence-corrected chi connectivity index (χ4v) is 5.40. The number of rotatable bonds is 8. The molecule has 5 nitrogen and oxygen atoms in total. The Labute approximate surface area is 245 Å². The number of amides is 1. The van der Waals surface area contributed by atoms with E-state index in [4.69, 9.17) is 26.1 Å². The lowest BCUT2D eigenvalue weighted by atomic mass is 10.1. The van der Waals surface area contributed by atoms with E-state index in [1.807, 2.05) is 103 Å². The van der Waals surface area contributed by atoms with Crippen molar-refractivity contribution in [1.82, 2.24) is 4.90 Å². The summed E-state index contributed by atoms with van der Waals surface area (Å²) in [7, 11) is 1.63. The summed E-state index contributed by atoms with van der Waals surface area (Å²) in [5, 5.41) is 1.30. The smallest absolute Gasteiger partial charge is 0.267 e. The van der Waals surface area contributed by atoms with Gasteiger partial charge in [-0.15, -0.1) is 0 Å². The molecule has 4 aromatic rings. The molecule has 196 valence electrons. The van der Waals surface area contributed by atoms with E-state index in [0.29, 0.717) is 34.0 Å². The zero-order valence-corrected chi connectivity index (χ0v) is 24.2. The van der Waals surface area contributed by atoms with Crippen LogP contribution < -0.4 is 9.47 Å². The van der Waals surface area contributed by atoms with Crippen molar-refractivity contribution in [3.8, 4) is 11.5 Å². The normalized spacial score (nSPS) is 15.3. The molecule has 5 rings (SSSR count). The standard InChI is InChI=1S/C31H24BrClN2O3S/c1-37-27-14-9-21(10-15-27)19-35-30(36)29(39-31(35)34-26-5-3-2-4-6-26)18-23-17-24(32)11-16-28(23)38-20-22-7-12-25(33)13-8-22/h2-18H,19-20H2,1H3/b29-18-,34-31?. The third kappa shape index (κ3) is 6.92. The summed E-state index contributed by atoms with van der Waals surface area (Å²) in [6.45, 7) is 0.762. The molecule has 8 heteroatoms. The van der Waals surface area contributed by atoms with E-state index in [1.165, 1.54) is 11.8 Å². The van der Waals surface area contributed by atoms with Gasteiger partial charge in [-0.25, -0.2) is 4.99 Å². The van der Waals surface area contributed by atoms with E-state index in [0.717, 1.165) is 32.6 Å². The molecule has 0 aromatic heterocycles. The molecule has 4 aromatic carbocycles. The number of halogens is 2. The minimum Gasteiger partial charge on any atom is -0.497 e.